The van der Waals surface area contributed by atoms with Crippen LogP contribution in [0.4, 0.5) is 0 Å². The first-order valence-electron chi connectivity index (χ1n) is 18.8. The zero-order chi connectivity index (χ0) is 34.9. The Balaban J connectivity index is 1.13. The maximum Gasteiger partial charge on any atom is 0.0716 e. The van der Waals surface area contributed by atoms with Crippen molar-refractivity contribution in [3.63, 3.8) is 0 Å². The van der Waals surface area contributed by atoms with Gasteiger partial charge in [0.2, 0.25) is 0 Å². The summed E-state index contributed by atoms with van der Waals surface area (Å²) >= 11 is 0. The summed E-state index contributed by atoms with van der Waals surface area (Å²) in [6, 6.07) is 54.0. The van der Waals surface area contributed by atoms with E-state index < -0.39 is 0 Å². The highest BCUT2D eigenvalue weighted by Crippen LogP contribution is 2.41. The van der Waals surface area contributed by atoms with Crippen LogP contribution in [0.3, 0.4) is 0 Å². The predicted octanol–water partition coefficient (Wildman–Crippen LogP) is 13.4. The number of benzene rings is 7. The average Bonchev–Trinajstić information content (AvgIpc) is 3.59. The van der Waals surface area contributed by atoms with Crippen molar-refractivity contribution in [3.05, 3.63) is 180 Å². The summed E-state index contributed by atoms with van der Waals surface area (Å²) < 4.78 is 2.45. The molecule has 0 radical (unpaired) electrons. The lowest BCUT2D eigenvalue weighted by atomic mass is 9.91. The Morgan fingerprint density at radius 2 is 1.00 bits per heavy atom. The van der Waals surface area contributed by atoms with Crippen LogP contribution in [0.1, 0.15) is 35.1 Å². The first kappa shape index (κ1) is 30.1. The molecule has 0 fully saturated rings. The molecule has 2 nitrogen and oxygen atoms in total. The summed E-state index contributed by atoms with van der Waals surface area (Å²) in [5.41, 5.74) is 15.7. The fourth-order valence-electron chi connectivity index (χ4n) is 8.83. The van der Waals surface area contributed by atoms with Gasteiger partial charge in [-0.25, -0.2) is 4.98 Å². The van der Waals surface area contributed by atoms with Crippen molar-refractivity contribution in [1.82, 2.24) is 9.55 Å². The highest BCUT2D eigenvalue weighted by atomic mass is 15.0. The molecular formula is C51H36N2. The molecular weight excluding hydrogens is 641 g/mol. The van der Waals surface area contributed by atoms with Gasteiger partial charge in [0.1, 0.15) is 0 Å². The van der Waals surface area contributed by atoms with E-state index in [-0.39, 0.29) is 0 Å². The highest BCUT2D eigenvalue weighted by molar-refractivity contribution is 6.28. The predicted molar refractivity (Wildman–Crippen MR) is 225 cm³/mol. The summed E-state index contributed by atoms with van der Waals surface area (Å²) in [6.07, 6.45) is 13.4. The van der Waals surface area contributed by atoms with E-state index in [4.69, 9.17) is 4.98 Å². The standard InChI is InChI=1S/C51H36N2/c1-3-14-37-28-39(22-20-33(37)10-1)42-31-46(52-47(32-42)41-23-21-34-11-2-4-15-38(34)29-41)40-16-9-17-43(30-40)53-48-26-24-35-12-5-7-18-44(35)50(48)51-45-19-8-6-13-36(45)25-27-49(51)53/h1-2,5-13,16-32H,3-4,14-15H2. The van der Waals surface area contributed by atoms with Gasteiger partial charge < -0.3 is 4.57 Å². The van der Waals surface area contributed by atoms with Crippen LogP contribution in [0.5, 0.6) is 0 Å². The Hall–Kier alpha value is -6.51. The average molecular weight is 677 g/mol. The van der Waals surface area contributed by atoms with Crippen molar-refractivity contribution in [3.8, 4) is 39.3 Å². The van der Waals surface area contributed by atoms with Crippen LogP contribution in [0.15, 0.2) is 158 Å². The van der Waals surface area contributed by atoms with E-state index in [1.165, 1.54) is 82.3 Å². The maximum atomic E-state index is 5.43. The van der Waals surface area contributed by atoms with Crippen LogP contribution < -0.4 is 0 Å². The summed E-state index contributed by atoms with van der Waals surface area (Å²) in [4.78, 5) is 5.43. The number of hydrogen-bond acceptors (Lipinski definition) is 1. The molecule has 0 spiro atoms. The number of rotatable bonds is 4. The van der Waals surface area contributed by atoms with Gasteiger partial charge in [0.15, 0.2) is 0 Å². The third kappa shape index (κ3) is 4.98. The van der Waals surface area contributed by atoms with E-state index >= 15 is 0 Å². The van der Waals surface area contributed by atoms with Crippen LogP contribution in [-0.4, -0.2) is 9.55 Å². The van der Waals surface area contributed by atoms with Gasteiger partial charge in [-0.2, -0.15) is 0 Å². The van der Waals surface area contributed by atoms with Gasteiger partial charge in [-0.3, -0.25) is 0 Å². The lowest BCUT2D eigenvalue weighted by Gasteiger charge is -2.16. The van der Waals surface area contributed by atoms with Gasteiger partial charge in [-0.15, -0.1) is 0 Å². The number of aryl methyl sites for hydroxylation is 2. The minimum atomic E-state index is 0.978. The third-order valence-corrected chi connectivity index (χ3v) is 11.4. The Kier molecular flexibility index (Phi) is 6.85. The molecule has 2 aromatic heterocycles. The van der Waals surface area contributed by atoms with Gasteiger partial charge in [0.25, 0.3) is 0 Å². The Morgan fingerprint density at radius 3 is 1.64 bits per heavy atom. The lowest BCUT2D eigenvalue weighted by molar-refractivity contribution is 0.986. The van der Waals surface area contributed by atoms with Gasteiger partial charge in [-0.1, -0.05) is 127 Å². The molecule has 2 heteroatoms. The Morgan fingerprint density at radius 1 is 0.434 bits per heavy atom. The second-order valence-corrected chi connectivity index (χ2v) is 14.6. The molecule has 0 unspecified atom stereocenters. The first-order valence-corrected chi connectivity index (χ1v) is 18.8. The molecule has 11 rings (SSSR count). The summed E-state index contributed by atoms with van der Waals surface area (Å²) in [7, 11) is 0. The summed E-state index contributed by atoms with van der Waals surface area (Å²) in [6.45, 7) is 0. The van der Waals surface area contributed by atoms with Gasteiger partial charge in [0, 0.05) is 27.6 Å². The summed E-state index contributed by atoms with van der Waals surface area (Å²) in [5.74, 6) is 0. The van der Waals surface area contributed by atoms with Gasteiger partial charge >= 0.3 is 0 Å². The number of aromatic nitrogens is 2. The molecule has 2 aliphatic carbocycles. The van der Waals surface area contributed by atoms with Crippen LogP contribution in [0.2, 0.25) is 0 Å². The molecule has 53 heavy (non-hydrogen) atoms. The molecule has 0 saturated heterocycles. The van der Waals surface area contributed by atoms with E-state index in [0.29, 0.717) is 0 Å². The van der Waals surface area contributed by atoms with Gasteiger partial charge in [0.05, 0.1) is 22.4 Å². The smallest absolute Gasteiger partial charge is 0.0716 e. The zero-order valence-corrected chi connectivity index (χ0v) is 29.4. The number of allylic oxidation sites excluding steroid dienone is 2. The zero-order valence-electron chi connectivity index (χ0n) is 29.4. The second kappa shape index (κ2) is 12.0. The third-order valence-electron chi connectivity index (χ3n) is 11.4. The number of nitrogens with zero attached hydrogens (tertiary/aromatic N) is 2. The number of fused-ring (bicyclic) bond motifs is 9. The molecule has 9 aromatic rings. The molecule has 0 atom stereocenters. The van der Waals surface area contributed by atoms with Crippen molar-refractivity contribution < 1.29 is 0 Å². The maximum absolute atomic E-state index is 5.43. The van der Waals surface area contributed by atoms with E-state index in [2.05, 4.69) is 174 Å². The lowest BCUT2D eigenvalue weighted by Crippen LogP contribution is -1.98. The molecule has 0 amide bonds. The minimum Gasteiger partial charge on any atom is -0.309 e. The first-order chi connectivity index (χ1) is 26.2. The normalized spacial score (nSPS) is 13.6. The van der Waals surface area contributed by atoms with Gasteiger partial charge in [-0.05, 0) is 123 Å². The molecule has 2 aliphatic rings. The number of hydrogen-bond donors (Lipinski definition) is 0. The molecule has 0 bridgehead atoms. The van der Waals surface area contributed by atoms with Crippen molar-refractivity contribution in [1.29, 1.82) is 0 Å². The Labute approximate surface area is 309 Å². The Bertz CT molecular complexity index is 2830. The fourth-order valence-corrected chi connectivity index (χ4v) is 8.83. The monoisotopic (exact) mass is 676 g/mol. The highest BCUT2D eigenvalue weighted by Gasteiger charge is 2.19. The number of pyridine rings is 1. The van der Waals surface area contributed by atoms with Crippen LogP contribution >= 0.6 is 0 Å². The van der Waals surface area contributed by atoms with E-state index in [0.717, 1.165) is 48.3 Å². The quantitative estimate of drug-likeness (QED) is 0.181. The van der Waals surface area contributed by atoms with Crippen molar-refractivity contribution >= 4 is 55.5 Å². The van der Waals surface area contributed by atoms with Crippen molar-refractivity contribution in [2.24, 2.45) is 0 Å². The largest absolute Gasteiger partial charge is 0.309 e. The SMILES string of the molecule is C1=Cc2ccc(-c3cc(-c4cccc(-n5c6ccc7ccccc7c6c6c7ccccc7ccc65)c4)nc(-c4ccc5c(c4)CCC=C5)c3)cc2CC1. The fraction of sp³-hybridized carbons (Fsp3) is 0.0784. The molecule has 0 saturated carbocycles. The summed E-state index contributed by atoms with van der Waals surface area (Å²) in [5, 5.41) is 7.67. The van der Waals surface area contributed by atoms with E-state index in [9.17, 15) is 0 Å². The van der Waals surface area contributed by atoms with Crippen molar-refractivity contribution in [2.45, 2.75) is 25.7 Å². The van der Waals surface area contributed by atoms with Crippen LogP contribution in [-0.2, 0) is 12.8 Å². The second-order valence-electron chi connectivity index (χ2n) is 14.6. The van der Waals surface area contributed by atoms with E-state index in [1.807, 2.05) is 0 Å². The van der Waals surface area contributed by atoms with Crippen LogP contribution in [0.25, 0.3) is 94.8 Å². The molecule has 0 N–H and O–H groups in total. The van der Waals surface area contributed by atoms with Crippen molar-refractivity contribution in [2.75, 3.05) is 0 Å². The molecule has 7 aromatic carbocycles. The minimum absolute atomic E-state index is 0.978. The molecule has 0 aliphatic heterocycles. The molecule has 250 valence electrons. The topological polar surface area (TPSA) is 17.8 Å². The van der Waals surface area contributed by atoms with E-state index in [1.54, 1.807) is 0 Å². The van der Waals surface area contributed by atoms with Crippen LogP contribution in [0, 0.1) is 0 Å². The molecule has 2 heterocycles.